The number of aliphatic hydroxyl groups is 1. The summed E-state index contributed by atoms with van der Waals surface area (Å²) >= 11 is 0. The largest absolute Gasteiger partial charge is 0.431 e. The summed E-state index contributed by atoms with van der Waals surface area (Å²) in [5.41, 5.74) is -7.07. The third kappa shape index (κ3) is 5.36. The van der Waals surface area contributed by atoms with Crippen LogP contribution >= 0.6 is 0 Å². The topological polar surface area (TPSA) is 93.8 Å². The number of rotatable bonds is 5. The predicted octanol–water partition coefficient (Wildman–Crippen LogP) is 6.07. The van der Waals surface area contributed by atoms with E-state index in [1.807, 2.05) is 0 Å². The monoisotopic (exact) mass is 603 g/mol. The van der Waals surface area contributed by atoms with Crippen molar-refractivity contribution in [3.8, 4) is 17.2 Å². The van der Waals surface area contributed by atoms with Gasteiger partial charge in [-0.15, -0.1) is 0 Å². The molecule has 0 aromatic heterocycles. The molecule has 3 aromatic rings. The van der Waals surface area contributed by atoms with E-state index in [2.05, 4.69) is 5.10 Å². The van der Waals surface area contributed by atoms with Crippen molar-refractivity contribution in [2.24, 2.45) is 5.10 Å². The van der Waals surface area contributed by atoms with Crippen LogP contribution in [-0.4, -0.2) is 43.4 Å². The van der Waals surface area contributed by atoms with Crippen molar-refractivity contribution < 1.29 is 48.6 Å². The Kier molecular flexibility index (Phi) is 7.38. The highest BCUT2D eigenvalue weighted by atomic mass is 32.2. The zero-order valence-corrected chi connectivity index (χ0v) is 21.4. The molecule has 0 bridgehead atoms. The van der Waals surface area contributed by atoms with Crippen LogP contribution in [0.5, 0.6) is 0 Å². The van der Waals surface area contributed by atoms with Gasteiger partial charge in [0.15, 0.2) is 15.7 Å². The van der Waals surface area contributed by atoms with Gasteiger partial charge in [-0.05, 0) is 41.0 Å². The summed E-state index contributed by atoms with van der Waals surface area (Å²) in [6.07, 6.45) is -12.7. The maximum absolute atomic E-state index is 14.6. The molecule has 0 fully saturated rings. The fraction of sp³-hybridized carbons (Fsp3) is 0.231. The molecule has 0 amide bonds. The van der Waals surface area contributed by atoms with Gasteiger partial charge < -0.3 is 5.11 Å². The number of halogens is 8. The van der Waals surface area contributed by atoms with Gasteiger partial charge in [0.1, 0.15) is 11.9 Å². The average molecular weight is 603 g/mol. The molecule has 15 heteroatoms. The summed E-state index contributed by atoms with van der Waals surface area (Å²) < 4.78 is 133. The molecule has 1 atom stereocenters. The first kappa shape index (κ1) is 29.9. The van der Waals surface area contributed by atoms with E-state index in [1.165, 1.54) is 42.5 Å². The van der Waals surface area contributed by atoms with Gasteiger partial charge in [-0.25, -0.2) is 17.2 Å². The SMILES string of the molecule is CS(=O)(=O)c1ccc(-c2ccc(C3CC(C(O)(C(F)(F)F)C(F)(F)F)=NN3c3ccc(F)cc3F)cc2)cc1C#N. The fourth-order valence-corrected chi connectivity index (χ4v) is 5.20. The number of sulfone groups is 1. The van der Waals surface area contributed by atoms with Crippen LogP contribution in [0.3, 0.4) is 0 Å². The molecular weight excluding hydrogens is 586 g/mol. The quantitative estimate of drug-likeness (QED) is 0.358. The highest BCUT2D eigenvalue weighted by Gasteiger charge is 2.74. The van der Waals surface area contributed by atoms with Crippen LogP contribution in [-0.2, 0) is 9.84 Å². The molecule has 0 spiro atoms. The van der Waals surface area contributed by atoms with Gasteiger partial charge in [0, 0.05) is 18.7 Å². The Hall–Kier alpha value is -4.03. The van der Waals surface area contributed by atoms with Crippen molar-refractivity contribution in [3.05, 3.63) is 83.4 Å². The summed E-state index contributed by atoms with van der Waals surface area (Å²) in [5, 5.41) is 23.1. The van der Waals surface area contributed by atoms with Gasteiger partial charge in [-0.1, -0.05) is 30.3 Å². The summed E-state index contributed by atoms with van der Waals surface area (Å²) in [7, 11) is -3.71. The lowest BCUT2D eigenvalue weighted by Crippen LogP contribution is -2.62. The van der Waals surface area contributed by atoms with E-state index in [-0.39, 0.29) is 16.0 Å². The van der Waals surface area contributed by atoms with E-state index in [4.69, 9.17) is 0 Å². The van der Waals surface area contributed by atoms with Gasteiger partial charge in [0.25, 0.3) is 5.60 Å². The molecule has 0 aliphatic carbocycles. The molecule has 1 N–H and O–H groups in total. The summed E-state index contributed by atoms with van der Waals surface area (Å²) in [5.74, 6) is -2.38. The van der Waals surface area contributed by atoms with Crippen LogP contribution in [0.15, 0.2) is 70.7 Å². The van der Waals surface area contributed by atoms with Gasteiger partial charge in [-0.2, -0.15) is 36.7 Å². The Labute approximate surface area is 227 Å². The molecule has 0 radical (unpaired) electrons. The first-order chi connectivity index (χ1) is 18.9. The number of anilines is 1. The number of nitriles is 1. The van der Waals surface area contributed by atoms with Gasteiger partial charge in [0.05, 0.1) is 27.9 Å². The number of hydrogen-bond donors (Lipinski definition) is 1. The van der Waals surface area contributed by atoms with Crippen LogP contribution in [0.4, 0.5) is 40.8 Å². The molecule has 1 aliphatic heterocycles. The minimum atomic E-state index is -6.23. The molecular formula is C26H17F8N3O3S. The van der Waals surface area contributed by atoms with E-state index in [0.29, 0.717) is 22.2 Å². The van der Waals surface area contributed by atoms with Gasteiger partial charge in [0.2, 0.25) is 0 Å². The number of benzene rings is 3. The van der Waals surface area contributed by atoms with E-state index >= 15 is 0 Å². The van der Waals surface area contributed by atoms with E-state index < -0.39 is 63.3 Å². The highest BCUT2D eigenvalue weighted by molar-refractivity contribution is 7.90. The smallest absolute Gasteiger partial charge is 0.369 e. The predicted molar refractivity (Wildman–Crippen MR) is 130 cm³/mol. The Bertz CT molecular complexity index is 1660. The third-order valence-electron chi connectivity index (χ3n) is 6.43. The molecule has 1 aliphatic rings. The average Bonchev–Trinajstić information content (AvgIpc) is 3.31. The Balaban J connectivity index is 1.79. The molecule has 3 aromatic carbocycles. The summed E-state index contributed by atoms with van der Waals surface area (Å²) in [6.45, 7) is 0. The fourth-order valence-electron chi connectivity index (χ4n) is 4.38. The second kappa shape index (κ2) is 10.1. The summed E-state index contributed by atoms with van der Waals surface area (Å²) in [6, 6.07) is 11.4. The second-order valence-electron chi connectivity index (χ2n) is 9.13. The van der Waals surface area contributed by atoms with Crippen LogP contribution in [0.2, 0.25) is 0 Å². The summed E-state index contributed by atoms with van der Waals surface area (Å²) in [4.78, 5) is -0.213. The van der Waals surface area contributed by atoms with Gasteiger partial charge in [-0.3, -0.25) is 5.01 Å². The maximum Gasteiger partial charge on any atom is 0.431 e. The van der Waals surface area contributed by atoms with Crippen molar-refractivity contribution in [3.63, 3.8) is 0 Å². The molecule has 0 saturated heterocycles. The van der Waals surface area contributed by atoms with Crippen molar-refractivity contribution >= 4 is 21.2 Å². The van der Waals surface area contributed by atoms with Crippen molar-refractivity contribution in [1.29, 1.82) is 5.26 Å². The zero-order chi connectivity index (χ0) is 30.5. The number of nitrogens with zero attached hydrogens (tertiary/aromatic N) is 3. The molecule has 216 valence electrons. The van der Waals surface area contributed by atoms with Crippen molar-refractivity contribution in [2.75, 3.05) is 11.3 Å². The highest BCUT2D eigenvalue weighted by Crippen LogP contribution is 2.49. The lowest BCUT2D eigenvalue weighted by atomic mass is 9.89. The minimum Gasteiger partial charge on any atom is -0.369 e. The van der Waals surface area contributed by atoms with Crippen LogP contribution in [0.1, 0.15) is 23.6 Å². The van der Waals surface area contributed by atoms with E-state index in [1.54, 1.807) is 6.07 Å². The zero-order valence-electron chi connectivity index (χ0n) is 20.6. The first-order valence-electron chi connectivity index (χ1n) is 11.4. The minimum absolute atomic E-state index is 0.0520. The molecule has 41 heavy (non-hydrogen) atoms. The first-order valence-corrected chi connectivity index (χ1v) is 13.3. The maximum atomic E-state index is 14.6. The molecule has 4 rings (SSSR count). The van der Waals surface area contributed by atoms with E-state index in [0.717, 1.165) is 18.4 Å². The standard InChI is InChI=1S/C26H17F8N3O3S/c1-41(39,40)22-9-6-16(10-17(22)13-35)14-2-4-15(5-3-14)21-12-23(24(38,25(29,30)31)26(32,33)34)36-37(21)20-8-7-18(27)11-19(20)28/h2-11,21,38H,12H2,1H3. The number of alkyl halides is 6. The lowest BCUT2D eigenvalue weighted by molar-refractivity contribution is -0.338. The van der Waals surface area contributed by atoms with Crippen LogP contribution < -0.4 is 5.01 Å². The second-order valence-corrected chi connectivity index (χ2v) is 11.1. The molecule has 6 nitrogen and oxygen atoms in total. The Morgan fingerprint density at radius 2 is 1.51 bits per heavy atom. The van der Waals surface area contributed by atoms with Crippen LogP contribution in [0, 0.1) is 23.0 Å². The van der Waals surface area contributed by atoms with Crippen molar-refractivity contribution in [1.82, 2.24) is 0 Å². The normalized spacial score (nSPS) is 16.5. The van der Waals surface area contributed by atoms with Crippen LogP contribution in [0.25, 0.3) is 11.1 Å². The molecule has 0 saturated carbocycles. The number of hydrazone groups is 1. The van der Waals surface area contributed by atoms with E-state index in [9.17, 15) is 53.9 Å². The molecule has 1 unspecified atom stereocenters. The lowest BCUT2D eigenvalue weighted by Gasteiger charge is -2.32. The molecule has 1 heterocycles. The third-order valence-corrected chi connectivity index (χ3v) is 7.59. The van der Waals surface area contributed by atoms with Gasteiger partial charge >= 0.3 is 12.4 Å². The van der Waals surface area contributed by atoms with Crippen molar-refractivity contribution in [2.45, 2.75) is 35.3 Å². The number of hydrogen-bond acceptors (Lipinski definition) is 6. The Morgan fingerprint density at radius 1 is 0.927 bits per heavy atom. The Morgan fingerprint density at radius 3 is 2.02 bits per heavy atom.